The van der Waals surface area contributed by atoms with E-state index in [0.29, 0.717) is 6.61 Å². The molecular weight excluding hydrogens is 262 g/mol. The van der Waals surface area contributed by atoms with Gasteiger partial charge in [-0.15, -0.1) is 0 Å². The fraction of sp³-hybridized carbons (Fsp3) is 0.278. The van der Waals surface area contributed by atoms with Gasteiger partial charge in [0.05, 0.1) is 6.61 Å². The molecule has 2 bridgehead atoms. The summed E-state index contributed by atoms with van der Waals surface area (Å²) in [6.07, 6.45) is 0.911. The van der Waals surface area contributed by atoms with E-state index in [4.69, 9.17) is 4.74 Å². The maximum atomic E-state index is 12.8. The van der Waals surface area contributed by atoms with Crippen LogP contribution in [0.3, 0.4) is 0 Å². The quantitative estimate of drug-likeness (QED) is 0.859. The third kappa shape index (κ3) is 1.55. The number of hydrogen-bond donors (Lipinski definition) is 1. The molecule has 2 atom stereocenters. The highest BCUT2D eigenvalue weighted by Crippen LogP contribution is 2.49. The monoisotopic (exact) mass is 279 g/mol. The molecule has 0 radical (unpaired) electrons. The zero-order valence-corrected chi connectivity index (χ0v) is 11.9. The summed E-state index contributed by atoms with van der Waals surface area (Å²) in [5.74, 6) is -0.202. The number of hydrogen-bond acceptors (Lipinski definition) is 3. The summed E-state index contributed by atoms with van der Waals surface area (Å²) in [5.41, 5.74) is 3.67. The second-order valence-electron chi connectivity index (χ2n) is 5.62. The van der Waals surface area contributed by atoms with Gasteiger partial charge in [0.1, 0.15) is 0 Å². The Morgan fingerprint density at radius 3 is 2.71 bits per heavy atom. The Morgan fingerprint density at radius 2 is 1.90 bits per heavy atom. The van der Waals surface area contributed by atoms with Crippen LogP contribution in [0.5, 0.6) is 0 Å². The molecule has 2 heterocycles. The van der Waals surface area contributed by atoms with Crippen LogP contribution in [0.1, 0.15) is 35.2 Å². The van der Waals surface area contributed by atoms with Gasteiger partial charge in [0.2, 0.25) is 0 Å². The summed E-state index contributed by atoms with van der Waals surface area (Å²) in [4.78, 5) is 12.8. The van der Waals surface area contributed by atoms with E-state index in [-0.39, 0.29) is 12.0 Å². The lowest BCUT2D eigenvalue weighted by atomic mass is 9.80. The van der Waals surface area contributed by atoms with Gasteiger partial charge in [0, 0.05) is 6.04 Å². The smallest absolute Gasteiger partial charge is 0.335 e. The zero-order valence-electron chi connectivity index (χ0n) is 11.9. The molecule has 0 unspecified atom stereocenters. The van der Waals surface area contributed by atoms with Crippen LogP contribution in [0, 0.1) is 0 Å². The summed E-state index contributed by atoms with van der Waals surface area (Å²) in [7, 11) is 0. The second kappa shape index (κ2) is 4.43. The van der Waals surface area contributed by atoms with Crippen molar-refractivity contribution in [3.63, 3.8) is 0 Å². The minimum atomic E-state index is -0.841. The van der Waals surface area contributed by atoms with Gasteiger partial charge < -0.3 is 4.74 Å². The number of nitrogens with one attached hydrogen (secondary N) is 1. The zero-order chi connectivity index (χ0) is 14.4. The molecule has 0 fully saturated rings. The van der Waals surface area contributed by atoms with Crippen molar-refractivity contribution < 1.29 is 9.53 Å². The number of benzene rings is 2. The molecule has 2 aliphatic rings. The molecule has 4 rings (SSSR count). The minimum Gasteiger partial charge on any atom is -0.464 e. The minimum absolute atomic E-state index is 0.181. The SMILES string of the molecule is CCOC(=O)[C@]12N[C@H](Cc3ccccc31)c1ccccc12. The van der Waals surface area contributed by atoms with Gasteiger partial charge in [-0.1, -0.05) is 48.5 Å². The van der Waals surface area contributed by atoms with Crippen LogP contribution in [0.25, 0.3) is 0 Å². The van der Waals surface area contributed by atoms with Crippen LogP contribution in [0.15, 0.2) is 48.5 Å². The van der Waals surface area contributed by atoms with E-state index in [1.807, 2.05) is 43.3 Å². The molecule has 3 heteroatoms. The van der Waals surface area contributed by atoms with Crippen molar-refractivity contribution in [1.82, 2.24) is 5.32 Å². The van der Waals surface area contributed by atoms with Crippen molar-refractivity contribution in [2.24, 2.45) is 0 Å². The summed E-state index contributed by atoms with van der Waals surface area (Å²) < 4.78 is 5.41. The lowest BCUT2D eigenvalue weighted by Gasteiger charge is -2.35. The highest BCUT2D eigenvalue weighted by molar-refractivity contribution is 5.90. The molecule has 0 spiro atoms. The number of carbonyl (C=O) groups is 1. The van der Waals surface area contributed by atoms with Gasteiger partial charge >= 0.3 is 5.97 Å². The second-order valence-corrected chi connectivity index (χ2v) is 5.62. The highest BCUT2D eigenvalue weighted by atomic mass is 16.5. The Bertz CT molecular complexity index is 712. The van der Waals surface area contributed by atoms with E-state index in [0.717, 1.165) is 17.5 Å². The van der Waals surface area contributed by atoms with E-state index < -0.39 is 5.54 Å². The predicted molar refractivity (Wildman–Crippen MR) is 79.9 cm³/mol. The van der Waals surface area contributed by atoms with Crippen LogP contribution in [-0.4, -0.2) is 12.6 Å². The van der Waals surface area contributed by atoms with Crippen molar-refractivity contribution in [1.29, 1.82) is 0 Å². The number of esters is 1. The summed E-state index contributed by atoms with van der Waals surface area (Å²) in [6, 6.07) is 16.5. The summed E-state index contributed by atoms with van der Waals surface area (Å²) >= 11 is 0. The number of fused-ring (bicyclic) bond motifs is 7. The first-order valence-electron chi connectivity index (χ1n) is 7.40. The van der Waals surface area contributed by atoms with E-state index in [9.17, 15) is 4.79 Å². The maximum absolute atomic E-state index is 12.8. The van der Waals surface area contributed by atoms with E-state index in [1.54, 1.807) is 0 Å². The highest BCUT2D eigenvalue weighted by Gasteiger charge is 2.54. The van der Waals surface area contributed by atoms with Crippen molar-refractivity contribution in [2.45, 2.75) is 24.9 Å². The molecule has 106 valence electrons. The molecule has 0 saturated heterocycles. The first kappa shape index (κ1) is 12.6. The fourth-order valence-electron chi connectivity index (χ4n) is 3.75. The van der Waals surface area contributed by atoms with Crippen molar-refractivity contribution in [3.8, 4) is 0 Å². The molecule has 0 amide bonds. The average Bonchev–Trinajstić information content (AvgIpc) is 2.80. The van der Waals surface area contributed by atoms with E-state index in [2.05, 4.69) is 17.4 Å². The molecule has 3 nitrogen and oxygen atoms in total. The Balaban J connectivity index is 2.01. The molecule has 2 aromatic rings. The molecule has 2 aliphatic heterocycles. The predicted octanol–water partition coefficient (Wildman–Crippen LogP) is 2.69. The van der Waals surface area contributed by atoms with Gasteiger partial charge in [-0.3, -0.25) is 5.32 Å². The molecule has 0 aliphatic carbocycles. The Morgan fingerprint density at radius 1 is 1.19 bits per heavy atom. The molecule has 2 aromatic carbocycles. The number of rotatable bonds is 2. The standard InChI is InChI=1S/C18H17NO2/c1-2-21-17(20)18-14-9-5-3-7-12(14)11-16(19-18)13-8-4-6-10-15(13)18/h3-10,16,19H,2,11H2,1H3/t16-,18+/m1/s1. The van der Waals surface area contributed by atoms with Gasteiger partial charge in [-0.25, -0.2) is 4.79 Å². The Labute approximate surface area is 123 Å². The van der Waals surface area contributed by atoms with Crippen molar-refractivity contribution >= 4 is 5.97 Å². The van der Waals surface area contributed by atoms with Crippen LogP contribution in [-0.2, 0) is 21.5 Å². The lowest BCUT2D eigenvalue weighted by molar-refractivity contribution is -0.150. The molecule has 21 heavy (non-hydrogen) atoms. The van der Waals surface area contributed by atoms with Crippen LogP contribution < -0.4 is 5.32 Å². The summed E-state index contributed by atoms with van der Waals surface area (Å²) in [5, 5.41) is 3.54. The Kier molecular flexibility index (Phi) is 2.66. The van der Waals surface area contributed by atoms with Gasteiger partial charge in [0.25, 0.3) is 0 Å². The fourth-order valence-corrected chi connectivity index (χ4v) is 3.75. The van der Waals surface area contributed by atoms with Crippen molar-refractivity contribution in [3.05, 3.63) is 70.8 Å². The topological polar surface area (TPSA) is 38.3 Å². The molecule has 0 aromatic heterocycles. The van der Waals surface area contributed by atoms with E-state index in [1.165, 1.54) is 11.1 Å². The number of ether oxygens (including phenoxy) is 1. The normalized spacial score (nSPS) is 25.1. The first-order chi connectivity index (χ1) is 10.3. The van der Waals surface area contributed by atoms with Crippen molar-refractivity contribution in [2.75, 3.05) is 6.61 Å². The average molecular weight is 279 g/mol. The van der Waals surface area contributed by atoms with Gasteiger partial charge in [0.15, 0.2) is 5.54 Å². The third-order valence-corrected chi connectivity index (χ3v) is 4.56. The van der Waals surface area contributed by atoms with Gasteiger partial charge in [-0.2, -0.15) is 0 Å². The Hall–Kier alpha value is -2.13. The first-order valence-corrected chi connectivity index (χ1v) is 7.40. The largest absolute Gasteiger partial charge is 0.464 e. The van der Waals surface area contributed by atoms with Crippen LogP contribution >= 0.6 is 0 Å². The lowest BCUT2D eigenvalue weighted by Crippen LogP contribution is -2.51. The summed E-state index contributed by atoms with van der Waals surface area (Å²) in [6.45, 7) is 2.23. The molecule has 0 saturated carbocycles. The molecular formula is C18H17NO2. The van der Waals surface area contributed by atoms with Crippen LogP contribution in [0.4, 0.5) is 0 Å². The third-order valence-electron chi connectivity index (χ3n) is 4.56. The maximum Gasteiger partial charge on any atom is 0.335 e. The van der Waals surface area contributed by atoms with Crippen LogP contribution in [0.2, 0.25) is 0 Å². The number of carbonyl (C=O) groups excluding carboxylic acids is 1. The van der Waals surface area contributed by atoms with Gasteiger partial charge in [-0.05, 0) is 35.6 Å². The van der Waals surface area contributed by atoms with E-state index >= 15 is 0 Å². The molecule has 1 N–H and O–H groups in total.